The largest absolute Gasteiger partial charge is 0.341 e. The van der Waals surface area contributed by atoms with Crippen LogP contribution in [0.2, 0.25) is 0 Å². The van der Waals surface area contributed by atoms with E-state index >= 15 is 0 Å². The molecule has 0 N–H and O–H groups in total. The number of rotatable bonds is 3. The number of para-hydroxylation sites is 1. The molecule has 1 aromatic rings. The van der Waals surface area contributed by atoms with Crippen LogP contribution in [0.1, 0.15) is 25.7 Å². The number of hydrogen-bond acceptors (Lipinski definition) is 3. The van der Waals surface area contributed by atoms with Crippen LogP contribution >= 0.6 is 0 Å². The van der Waals surface area contributed by atoms with Gasteiger partial charge in [0.15, 0.2) is 0 Å². The first-order valence-corrected chi connectivity index (χ1v) is 8.11. The van der Waals surface area contributed by atoms with E-state index in [1.165, 1.54) is 4.90 Å². The van der Waals surface area contributed by atoms with E-state index in [1.54, 1.807) is 17.0 Å². The van der Waals surface area contributed by atoms with Crippen LogP contribution < -0.4 is 4.90 Å². The van der Waals surface area contributed by atoms with Crippen molar-refractivity contribution in [1.29, 1.82) is 0 Å². The maximum Gasteiger partial charge on any atom is 0.332 e. The van der Waals surface area contributed by atoms with Gasteiger partial charge in [-0.2, -0.15) is 0 Å². The van der Waals surface area contributed by atoms with Crippen LogP contribution in [0.5, 0.6) is 0 Å². The number of anilines is 1. The first-order chi connectivity index (χ1) is 11.2. The molecule has 2 aliphatic rings. The van der Waals surface area contributed by atoms with Crippen molar-refractivity contribution in [2.75, 3.05) is 31.1 Å². The van der Waals surface area contributed by atoms with Crippen LogP contribution in [0.15, 0.2) is 30.3 Å². The van der Waals surface area contributed by atoms with Gasteiger partial charge in [0.05, 0.1) is 0 Å². The lowest BCUT2D eigenvalue weighted by atomic mass is 10.2. The Kier molecular flexibility index (Phi) is 4.60. The monoisotopic (exact) mass is 315 g/mol. The molecule has 2 heterocycles. The van der Waals surface area contributed by atoms with E-state index in [0.29, 0.717) is 5.69 Å². The molecule has 1 aromatic carbocycles. The van der Waals surface area contributed by atoms with E-state index in [0.717, 1.165) is 43.7 Å². The fourth-order valence-electron chi connectivity index (χ4n) is 3.06. The maximum absolute atomic E-state index is 12.5. The first kappa shape index (κ1) is 15.5. The molecule has 2 fully saturated rings. The average Bonchev–Trinajstić information content (AvgIpc) is 2.78. The van der Waals surface area contributed by atoms with Crippen LogP contribution in [0.4, 0.5) is 10.5 Å². The van der Waals surface area contributed by atoms with Crippen molar-refractivity contribution in [2.24, 2.45) is 0 Å². The van der Waals surface area contributed by atoms with Crippen molar-refractivity contribution in [2.45, 2.75) is 25.7 Å². The highest BCUT2D eigenvalue weighted by Crippen LogP contribution is 2.20. The lowest BCUT2D eigenvalue weighted by Gasteiger charge is -2.23. The van der Waals surface area contributed by atoms with E-state index in [2.05, 4.69) is 0 Å². The molecular weight excluding hydrogens is 294 g/mol. The minimum atomic E-state index is -0.413. The zero-order valence-electron chi connectivity index (χ0n) is 13.1. The third kappa shape index (κ3) is 3.36. The number of amides is 4. The molecule has 2 aliphatic heterocycles. The second-order valence-electron chi connectivity index (χ2n) is 5.98. The smallest absolute Gasteiger partial charge is 0.332 e. The quantitative estimate of drug-likeness (QED) is 0.800. The van der Waals surface area contributed by atoms with E-state index < -0.39 is 6.03 Å². The first-order valence-electron chi connectivity index (χ1n) is 8.11. The number of hydrogen-bond donors (Lipinski definition) is 0. The van der Waals surface area contributed by atoms with Crippen molar-refractivity contribution in [3.05, 3.63) is 30.3 Å². The van der Waals surface area contributed by atoms with Crippen LogP contribution in [0.3, 0.4) is 0 Å². The molecule has 2 saturated heterocycles. The lowest BCUT2D eigenvalue weighted by molar-refractivity contribution is -0.136. The average molecular weight is 315 g/mol. The Labute approximate surface area is 135 Å². The summed E-state index contributed by atoms with van der Waals surface area (Å²) in [5.74, 6) is -0.453. The van der Waals surface area contributed by atoms with Gasteiger partial charge in [0.2, 0.25) is 5.91 Å². The number of likely N-dealkylation sites (tertiary alicyclic amines) is 1. The normalized spacial score (nSPS) is 19.2. The van der Waals surface area contributed by atoms with Gasteiger partial charge in [0.25, 0.3) is 5.91 Å². The highest BCUT2D eigenvalue weighted by atomic mass is 16.2. The molecule has 0 aromatic heterocycles. The minimum absolute atomic E-state index is 0.00384. The second-order valence-corrected chi connectivity index (χ2v) is 5.98. The number of imide groups is 1. The van der Waals surface area contributed by atoms with Crippen molar-refractivity contribution in [1.82, 2.24) is 9.80 Å². The fourth-order valence-corrected chi connectivity index (χ4v) is 3.06. The Hall–Kier alpha value is -2.37. The third-order valence-corrected chi connectivity index (χ3v) is 4.38. The standard InChI is InChI=1S/C17H21N3O3/c21-15(18-10-6-1-2-7-11-18)12-20-16(22)13-19(17(20)23)14-8-4-3-5-9-14/h3-5,8-9H,1-2,6-7,10-13H2. The van der Waals surface area contributed by atoms with Crippen molar-refractivity contribution in [3.63, 3.8) is 0 Å². The summed E-state index contributed by atoms with van der Waals surface area (Å²) in [5.41, 5.74) is 0.676. The Balaban J connectivity index is 1.67. The zero-order valence-corrected chi connectivity index (χ0v) is 13.1. The molecule has 0 saturated carbocycles. The van der Waals surface area contributed by atoms with Crippen LogP contribution in [0, 0.1) is 0 Å². The van der Waals surface area contributed by atoms with E-state index in [9.17, 15) is 14.4 Å². The molecule has 122 valence electrons. The summed E-state index contributed by atoms with van der Waals surface area (Å²) in [6.45, 7) is 1.28. The van der Waals surface area contributed by atoms with Crippen LogP contribution in [-0.4, -0.2) is 53.8 Å². The molecule has 4 amide bonds. The van der Waals surface area contributed by atoms with Gasteiger partial charge in [0, 0.05) is 18.8 Å². The molecule has 23 heavy (non-hydrogen) atoms. The van der Waals surface area contributed by atoms with Gasteiger partial charge in [-0.3, -0.25) is 19.4 Å². The molecule has 6 heteroatoms. The Bertz CT molecular complexity index is 594. The molecular formula is C17H21N3O3. The maximum atomic E-state index is 12.5. The van der Waals surface area contributed by atoms with Gasteiger partial charge in [-0.15, -0.1) is 0 Å². The van der Waals surface area contributed by atoms with Crippen molar-refractivity contribution < 1.29 is 14.4 Å². The lowest BCUT2D eigenvalue weighted by Crippen LogP contribution is -2.43. The predicted molar refractivity (Wildman–Crippen MR) is 85.9 cm³/mol. The summed E-state index contributed by atoms with van der Waals surface area (Å²) in [6.07, 6.45) is 4.24. The summed E-state index contributed by atoms with van der Waals surface area (Å²) < 4.78 is 0. The van der Waals surface area contributed by atoms with Gasteiger partial charge in [0.1, 0.15) is 13.1 Å². The number of carbonyl (C=O) groups excluding carboxylic acids is 3. The van der Waals surface area contributed by atoms with Crippen LogP contribution in [0.25, 0.3) is 0 Å². The fraction of sp³-hybridized carbons (Fsp3) is 0.471. The SMILES string of the molecule is O=C(CN1C(=O)CN(c2ccccc2)C1=O)N1CCCCCC1. The molecule has 6 nitrogen and oxygen atoms in total. The number of carbonyl (C=O) groups is 3. The highest BCUT2D eigenvalue weighted by Gasteiger charge is 2.38. The molecule has 0 unspecified atom stereocenters. The van der Waals surface area contributed by atoms with Gasteiger partial charge >= 0.3 is 6.03 Å². The number of urea groups is 1. The summed E-state index contributed by atoms with van der Waals surface area (Å²) in [5, 5.41) is 0. The summed E-state index contributed by atoms with van der Waals surface area (Å²) in [4.78, 5) is 41.3. The Morgan fingerprint density at radius 3 is 2.26 bits per heavy atom. The minimum Gasteiger partial charge on any atom is -0.341 e. The molecule has 3 rings (SSSR count). The molecule has 0 radical (unpaired) electrons. The molecule has 0 bridgehead atoms. The number of nitrogens with zero attached hydrogens (tertiary/aromatic N) is 3. The Morgan fingerprint density at radius 1 is 0.957 bits per heavy atom. The summed E-state index contributed by atoms with van der Waals surface area (Å²) in [7, 11) is 0. The zero-order chi connectivity index (χ0) is 16.2. The Morgan fingerprint density at radius 2 is 1.61 bits per heavy atom. The van der Waals surface area contributed by atoms with Gasteiger partial charge in [-0.1, -0.05) is 31.0 Å². The third-order valence-electron chi connectivity index (χ3n) is 4.38. The van der Waals surface area contributed by atoms with Gasteiger partial charge < -0.3 is 4.90 Å². The van der Waals surface area contributed by atoms with Crippen molar-refractivity contribution >= 4 is 23.5 Å². The van der Waals surface area contributed by atoms with Crippen LogP contribution in [-0.2, 0) is 9.59 Å². The number of benzene rings is 1. The predicted octanol–water partition coefficient (Wildman–Crippen LogP) is 1.86. The highest BCUT2D eigenvalue weighted by molar-refractivity contribution is 6.13. The molecule has 0 atom stereocenters. The molecule has 0 aliphatic carbocycles. The topological polar surface area (TPSA) is 60.9 Å². The van der Waals surface area contributed by atoms with Gasteiger partial charge in [-0.05, 0) is 25.0 Å². The van der Waals surface area contributed by atoms with Crippen molar-refractivity contribution in [3.8, 4) is 0 Å². The van der Waals surface area contributed by atoms with E-state index in [1.807, 2.05) is 18.2 Å². The van der Waals surface area contributed by atoms with Gasteiger partial charge in [-0.25, -0.2) is 4.79 Å². The molecule has 0 spiro atoms. The van der Waals surface area contributed by atoms with E-state index in [-0.39, 0.29) is 24.9 Å². The second kappa shape index (κ2) is 6.81. The van der Waals surface area contributed by atoms with E-state index in [4.69, 9.17) is 0 Å². The summed E-state index contributed by atoms with van der Waals surface area (Å²) in [6, 6.07) is 8.64. The summed E-state index contributed by atoms with van der Waals surface area (Å²) >= 11 is 0.